The molecule has 1 fully saturated rings. The van der Waals surface area contributed by atoms with Crippen LogP contribution in [0.5, 0.6) is 0 Å². The van der Waals surface area contributed by atoms with Gasteiger partial charge in [0, 0.05) is 24.6 Å². The van der Waals surface area contributed by atoms with Crippen LogP contribution < -0.4 is 15.5 Å². The minimum atomic E-state index is -0.0858. The zero-order valence-corrected chi connectivity index (χ0v) is 12.7. The highest BCUT2D eigenvalue weighted by Gasteiger charge is 2.24. The number of anilines is 1. The lowest BCUT2D eigenvalue weighted by Crippen LogP contribution is -3.16. The number of aryl methyl sites for hydroxylation is 1. The Labute approximate surface area is 121 Å². The summed E-state index contributed by atoms with van der Waals surface area (Å²) in [5.74, 6) is 0. The zero-order chi connectivity index (χ0) is 14.5. The van der Waals surface area contributed by atoms with Gasteiger partial charge in [-0.3, -0.25) is 0 Å². The summed E-state index contributed by atoms with van der Waals surface area (Å²) >= 11 is 0. The van der Waals surface area contributed by atoms with Crippen LogP contribution in [0.2, 0.25) is 0 Å². The summed E-state index contributed by atoms with van der Waals surface area (Å²) in [6, 6.07) is 8.74. The van der Waals surface area contributed by atoms with Crippen LogP contribution in [0.1, 0.15) is 32.3 Å². The van der Waals surface area contributed by atoms with Crippen molar-refractivity contribution in [3.8, 4) is 0 Å². The van der Waals surface area contributed by atoms with Gasteiger partial charge in [-0.05, 0) is 32.4 Å². The summed E-state index contributed by atoms with van der Waals surface area (Å²) in [6.07, 6.45) is 2.13. The molecule has 1 saturated heterocycles. The molecule has 0 aromatic heterocycles. The number of piperidine rings is 1. The first-order chi connectivity index (χ1) is 9.56. The van der Waals surface area contributed by atoms with Crippen molar-refractivity contribution in [3.05, 3.63) is 29.8 Å². The van der Waals surface area contributed by atoms with Crippen LogP contribution in [0.4, 0.5) is 10.5 Å². The van der Waals surface area contributed by atoms with Gasteiger partial charge in [0.2, 0.25) is 0 Å². The Morgan fingerprint density at radius 1 is 1.25 bits per heavy atom. The van der Waals surface area contributed by atoms with Gasteiger partial charge in [0.25, 0.3) is 0 Å². The molecule has 20 heavy (non-hydrogen) atoms. The average Bonchev–Trinajstić information content (AvgIpc) is 2.42. The predicted molar refractivity (Wildman–Crippen MR) is 82.2 cm³/mol. The van der Waals surface area contributed by atoms with Crippen molar-refractivity contribution >= 4 is 11.7 Å². The molecule has 1 aromatic carbocycles. The van der Waals surface area contributed by atoms with E-state index in [0.717, 1.165) is 37.2 Å². The molecule has 0 unspecified atom stereocenters. The third-order valence-electron chi connectivity index (χ3n) is 4.17. The van der Waals surface area contributed by atoms with Crippen LogP contribution in [-0.4, -0.2) is 31.2 Å². The molecule has 0 atom stereocenters. The molecule has 2 amide bonds. The Morgan fingerprint density at radius 3 is 2.50 bits per heavy atom. The van der Waals surface area contributed by atoms with Crippen LogP contribution in [0.3, 0.4) is 0 Å². The lowest BCUT2D eigenvalue weighted by atomic mass is 10.0. The first-order valence-electron chi connectivity index (χ1n) is 7.54. The number of urea groups is 1. The molecule has 1 heterocycles. The molecule has 1 aromatic rings. The summed E-state index contributed by atoms with van der Waals surface area (Å²) < 4.78 is 0. The van der Waals surface area contributed by atoms with E-state index in [9.17, 15) is 4.79 Å². The number of rotatable bonds is 3. The first-order valence-corrected chi connectivity index (χ1v) is 7.54. The molecule has 4 nitrogen and oxygen atoms in total. The fourth-order valence-electron chi connectivity index (χ4n) is 2.77. The van der Waals surface area contributed by atoms with Crippen LogP contribution in [0, 0.1) is 6.92 Å². The lowest BCUT2D eigenvalue weighted by molar-refractivity contribution is -0.926. The molecular weight excluding hydrogens is 250 g/mol. The second-order valence-corrected chi connectivity index (χ2v) is 6.00. The number of quaternary nitrogens is 1. The molecule has 2 rings (SSSR count). The third kappa shape index (κ3) is 3.97. The van der Waals surface area contributed by atoms with Gasteiger partial charge in [0.15, 0.2) is 0 Å². The van der Waals surface area contributed by atoms with Crippen LogP contribution in [0.15, 0.2) is 24.3 Å². The number of carbonyl (C=O) groups is 1. The van der Waals surface area contributed by atoms with E-state index in [1.807, 2.05) is 31.2 Å². The SMILES string of the molecule is Cc1ccccc1NC(=O)NC1CC[NH+](C(C)C)CC1. The van der Waals surface area contributed by atoms with E-state index in [1.165, 1.54) is 0 Å². The summed E-state index contributed by atoms with van der Waals surface area (Å²) in [5.41, 5.74) is 1.97. The van der Waals surface area contributed by atoms with Gasteiger partial charge >= 0.3 is 6.03 Å². The number of amides is 2. The molecule has 0 spiro atoms. The van der Waals surface area contributed by atoms with E-state index < -0.39 is 0 Å². The van der Waals surface area contributed by atoms with Crippen molar-refractivity contribution in [3.63, 3.8) is 0 Å². The van der Waals surface area contributed by atoms with Crippen LogP contribution in [-0.2, 0) is 0 Å². The largest absolute Gasteiger partial charge is 0.335 e. The van der Waals surface area contributed by atoms with Crippen molar-refractivity contribution in [2.24, 2.45) is 0 Å². The minimum Gasteiger partial charge on any atom is -0.335 e. The van der Waals surface area contributed by atoms with Gasteiger partial charge < -0.3 is 15.5 Å². The molecule has 110 valence electrons. The molecule has 0 bridgehead atoms. The highest BCUT2D eigenvalue weighted by atomic mass is 16.2. The monoisotopic (exact) mass is 276 g/mol. The van der Waals surface area contributed by atoms with Crippen molar-refractivity contribution < 1.29 is 9.69 Å². The van der Waals surface area contributed by atoms with Gasteiger partial charge in [0.05, 0.1) is 19.1 Å². The summed E-state index contributed by atoms with van der Waals surface area (Å²) in [4.78, 5) is 13.7. The second kappa shape index (κ2) is 6.75. The highest BCUT2D eigenvalue weighted by molar-refractivity contribution is 5.90. The van der Waals surface area contributed by atoms with Gasteiger partial charge in [-0.1, -0.05) is 18.2 Å². The Kier molecular flexibility index (Phi) is 5.01. The summed E-state index contributed by atoms with van der Waals surface area (Å²) in [5, 5.41) is 6.03. The number of nitrogens with one attached hydrogen (secondary N) is 3. The van der Waals surface area contributed by atoms with Gasteiger partial charge in [-0.2, -0.15) is 0 Å². The van der Waals surface area contributed by atoms with Gasteiger partial charge in [-0.15, -0.1) is 0 Å². The number of benzene rings is 1. The minimum absolute atomic E-state index is 0.0858. The maximum absolute atomic E-state index is 12.0. The normalized spacial score (nSPS) is 22.6. The summed E-state index contributed by atoms with van der Waals surface area (Å²) in [7, 11) is 0. The molecule has 0 saturated carbocycles. The number of hydrogen-bond donors (Lipinski definition) is 3. The highest BCUT2D eigenvalue weighted by Crippen LogP contribution is 2.13. The van der Waals surface area contributed by atoms with E-state index in [0.29, 0.717) is 12.1 Å². The molecule has 4 heteroatoms. The van der Waals surface area contributed by atoms with Crippen molar-refractivity contribution in [1.29, 1.82) is 0 Å². The number of hydrogen-bond acceptors (Lipinski definition) is 1. The smallest absolute Gasteiger partial charge is 0.319 e. The molecule has 0 radical (unpaired) electrons. The number of carbonyl (C=O) groups excluding carboxylic acids is 1. The predicted octanol–water partition coefficient (Wildman–Crippen LogP) is 1.57. The van der Waals surface area contributed by atoms with E-state index in [-0.39, 0.29) is 6.03 Å². The maximum Gasteiger partial charge on any atom is 0.319 e. The molecule has 1 aliphatic rings. The zero-order valence-electron chi connectivity index (χ0n) is 12.7. The molecule has 3 N–H and O–H groups in total. The topological polar surface area (TPSA) is 45.6 Å². The third-order valence-corrected chi connectivity index (χ3v) is 4.17. The molecule has 0 aliphatic carbocycles. The van der Waals surface area contributed by atoms with Gasteiger partial charge in [0.1, 0.15) is 0 Å². The fourth-order valence-corrected chi connectivity index (χ4v) is 2.77. The number of likely N-dealkylation sites (tertiary alicyclic amines) is 1. The van der Waals surface area contributed by atoms with Crippen molar-refractivity contribution in [2.75, 3.05) is 18.4 Å². The van der Waals surface area contributed by atoms with E-state index in [1.54, 1.807) is 4.90 Å². The first kappa shape index (κ1) is 14.9. The Balaban J connectivity index is 1.80. The Morgan fingerprint density at radius 2 is 1.90 bits per heavy atom. The Bertz CT molecular complexity index is 451. The van der Waals surface area contributed by atoms with E-state index in [4.69, 9.17) is 0 Å². The molecular formula is C16H26N3O+. The van der Waals surface area contributed by atoms with Crippen molar-refractivity contribution in [2.45, 2.75) is 45.7 Å². The van der Waals surface area contributed by atoms with Crippen molar-refractivity contribution in [1.82, 2.24) is 5.32 Å². The Hall–Kier alpha value is -1.55. The standard InChI is InChI=1S/C16H25N3O/c1-12(2)19-10-8-14(9-11-19)17-16(20)18-15-7-5-4-6-13(15)3/h4-7,12,14H,8-11H2,1-3H3,(H2,17,18,20)/p+1. The quantitative estimate of drug-likeness (QED) is 0.771. The van der Waals surface area contributed by atoms with E-state index >= 15 is 0 Å². The maximum atomic E-state index is 12.0. The lowest BCUT2D eigenvalue weighted by Gasteiger charge is -2.32. The van der Waals surface area contributed by atoms with Crippen LogP contribution >= 0.6 is 0 Å². The molecule has 1 aliphatic heterocycles. The van der Waals surface area contributed by atoms with Crippen LogP contribution in [0.25, 0.3) is 0 Å². The van der Waals surface area contributed by atoms with E-state index in [2.05, 4.69) is 24.5 Å². The number of para-hydroxylation sites is 1. The second-order valence-electron chi connectivity index (χ2n) is 6.00. The summed E-state index contributed by atoms with van der Waals surface area (Å²) in [6.45, 7) is 8.81. The van der Waals surface area contributed by atoms with Gasteiger partial charge in [-0.25, -0.2) is 4.79 Å². The fraction of sp³-hybridized carbons (Fsp3) is 0.562. The average molecular weight is 276 g/mol.